The number of nitrogens with one attached hydrogen (secondary N) is 1. The van der Waals surface area contributed by atoms with Crippen LogP contribution in [0.25, 0.3) is 0 Å². The van der Waals surface area contributed by atoms with Crippen molar-refractivity contribution >= 4 is 12.1 Å². The number of amides is 1. The number of pyridine rings is 1. The summed E-state index contributed by atoms with van der Waals surface area (Å²) in [4.78, 5) is 15.8. The van der Waals surface area contributed by atoms with Crippen molar-refractivity contribution in [3.05, 3.63) is 53.2 Å². The van der Waals surface area contributed by atoms with Gasteiger partial charge in [0.2, 0.25) is 0 Å². The van der Waals surface area contributed by atoms with Crippen LogP contribution in [0.15, 0.2) is 40.0 Å². The Morgan fingerprint density at radius 3 is 2.84 bits per heavy atom. The maximum atomic E-state index is 11.7. The molecule has 98 valence electrons. The summed E-state index contributed by atoms with van der Waals surface area (Å²) in [6.07, 6.45) is 4.03. The van der Waals surface area contributed by atoms with Gasteiger partial charge in [-0.3, -0.25) is 9.78 Å². The van der Waals surface area contributed by atoms with Gasteiger partial charge < -0.3 is 4.42 Å². The van der Waals surface area contributed by atoms with Crippen LogP contribution >= 0.6 is 0 Å². The Morgan fingerprint density at radius 2 is 2.26 bits per heavy atom. The van der Waals surface area contributed by atoms with Crippen molar-refractivity contribution in [2.45, 2.75) is 20.3 Å². The summed E-state index contributed by atoms with van der Waals surface area (Å²) in [5.41, 5.74) is 3.83. The topological polar surface area (TPSA) is 67.5 Å². The standard InChI is InChI=1S/C14H15N3O2/c1-3-11-5-7-13(15-8-11)14(18)17-16-9-12-6-4-10(2)19-12/h4-9H,3H2,1-2H3,(H,17,18)/b16-9-. The van der Waals surface area contributed by atoms with Gasteiger partial charge in [-0.05, 0) is 37.1 Å². The molecule has 0 aliphatic rings. The minimum Gasteiger partial charge on any atom is -0.460 e. The first-order chi connectivity index (χ1) is 9.19. The molecule has 2 rings (SSSR count). The number of hydrogen-bond acceptors (Lipinski definition) is 4. The lowest BCUT2D eigenvalue weighted by atomic mass is 10.2. The molecular formula is C14H15N3O2. The van der Waals surface area contributed by atoms with Gasteiger partial charge in [-0.15, -0.1) is 0 Å². The molecule has 0 unspecified atom stereocenters. The molecule has 19 heavy (non-hydrogen) atoms. The van der Waals surface area contributed by atoms with Gasteiger partial charge in [-0.25, -0.2) is 5.43 Å². The van der Waals surface area contributed by atoms with Crippen molar-refractivity contribution in [1.29, 1.82) is 0 Å². The number of aromatic nitrogens is 1. The van der Waals surface area contributed by atoms with Crippen LogP contribution < -0.4 is 5.43 Å². The molecule has 0 aliphatic carbocycles. The minimum absolute atomic E-state index is 0.338. The van der Waals surface area contributed by atoms with E-state index in [4.69, 9.17) is 4.42 Å². The van der Waals surface area contributed by atoms with Gasteiger partial charge in [-0.2, -0.15) is 5.10 Å². The average molecular weight is 257 g/mol. The van der Waals surface area contributed by atoms with E-state index in [2.05, 4.69) is 15.5 Å². The van der Waals surface area contributed by atoms with Gasteiger partial charge in [0.15, 0.2) is 0 Å². The van der Waals surface area contributed by atoms with E-state index in [9.17, 15) is 4.79 Å². The SMILES string of the molecule is CCc1ccc(C(=O)N/N=C\c2ccc(C)o2)nc1. The number of aryl methyl sites for hydroxylation is 2. The van der Waals surface area contributed by atoms with Crippen LogP contribution in [0.1, 0.15) is 34.5 Å². The Morgan fingerprint density at radius 1 is 1.42 bits per heavy atom. The monoisotopic (exact) mass is 257 g/mol. The molecule has 2 aromatic rings. The third kappa shape index (κ3) is 3.51. The van der Waals surface area contributed by atoms with Crippen molar-refractivity contribution in [3.8, 4) is 0 Å². The highest BCUT2D eigenvalue weighted by Crippen LogP contribution is 2.03. The molecular weight excluding hydrogens is 242 g/mol. The van der Waals surface area contributed by atoms with E-state index < -0.39 is 0 Å². The number of carbonyl (C=O) groups excluding carboxylic acids is 1. The van der Waals surface area contributed by atoms with Crippen molar-refractivity contribution < 1.29 is 9.21 Å². The molecule has 5 heteroatoms. The predicted molar refractivity (Wildman–Crippen MR) is 72.1 cm³/mol. The van der Waals surface area contributed by atoms with Gasteiger partial charge >= 0.3 is 0 Å². The number of hydrogen-bond donors (Lipinski definition) is 1. The van der Waals surface area contributed by atoms with E-state index in [0.717, 1.165) is 17.7 Å². The molecule has 0 spiro atoms. The van der Waals surface area contributed by atoms with Crippen LogP contribution in [-0.4, -0.2) is 17.1 Å². The maximum Gasteiger partial charge on any atom is 0.289 e. The van der Waals surface area contributed by atoms with Crippen molar-refractivity contribution in [2.75, 3.05) is 0 Å². The fourth-order valence-electron chi connectivity index (χ4n) is 1.50. The summed E-state index contributed by atoms with van der Waals surface area (Å²) in [5.74, 6) is 1.04. The van der Waals surface area contributed by atoms with E-state index in [1.54, 1.807) is 18.3 Å². The third-order valence-corrected chi connectivity index (χ3v) is 2.58. The molecule has 1 amide bonds. The van der Waals surface area contributed by atoms with Crippen LogP contribution in [0.2, 0.25) is 0 Å². The summed E-state index contributed by atoms with van der Waals surface area (Å²) >= 11 is 0. The number of furan rings is 1. The fraction of sp³-hybridized carbons (Fsp3) is 0.214. The highest BCUT2D eigenvalue weighted by molar-refractivity contribution is 5.92. The fourth-order valence-corrected chi connectivity index (χ4v) is 1.50. The zero-order valence-corrected chi connectivity index (χ0v) is 10.9. The number of carbonyl (C=O) groups is 1. The van der Waals surface area contributed by atoms with E-state index in [1.165, 1.54) is 6.21 Å². The van der Waals surface area contributed by atoms with Crippen molar-refractivity contribution in [3.63, 3.8) is 0 Å². The first-order valence-corrected chi connectivity index (χ1v) is 6.04. The maximum absolute atomic E-state index is 11.7. The highest BCUT2D eigenvalue weighted by Gasteiger charge is 2.05. The Hall–Kier alpha value is -2.43. The Bertz CT molecular complexity index is 585. The van der Waals surface area contributed by atoms with E-state index in [1.807, 2.05) is 26.0 Å². The summed E-state index contributed by atoms with van der Waals surface area (Å²) in [6.45, 7) is 3.88. The van der Waals surface area contributed by atoms with Gasteiger partial charge in [0.25, 0.3) is 5.91 Å². The molecule has 0 radical (unpaired) electrons. The third-order valence-electron chi connectivity index (χ3n) is 2.58. The quantitative estimate of drug-likeness (QED) is 0.675. The van der Waals surface area contributed by atoms with Gasteiger partial charge in [0.1, 0.15) is 17.2 Å². The molecule has 0 saturated heterocycles. The number of nitrogens with zero attached hydrogens (tertiary/aromatic N) is 2. The second-order valence-corrected chi connectivity index (χ2v) is 4.05. The molecule has 0 bridgehead atoms. The minimum atomic E-state index is -0.345. The molecule has 0 fully saturated rings. The van der Waals surface area contributed by atoms with Crippen LogP contribution in [0.3, 0.4) is 0 Å². The molecule has 0 aliphatic heterocycles. The molecule has 0 atom stereocenters. The van der Waals surface area contributed by atoms with E-state index in [-0.39, 0.29) is 5.91 Å². The van der Waals surface area contributed by atoms with Crippen molar-refractivity contribution in [1.82, 2.24) is 10.4 Å². The highest BCUT2D eigenvalue weighted by atomic mass is 16.3. The second-order valence-electron chi connectivity index (χ2n) is 4.05. The first-order valence-electron chi connectivity index (χ1n) is 6.04. The lowest BCUT2D eigenvalue weighted by Gasteiger charge is -2.00. The zero-order valence-electron chi connectivity index (χ0n) is 10.9. The van der Waals surface area contributed by atoms with Crippen LogP contribution in [-0.2, 0) is 6.42 Å². The molecule has 5 nitrogen and oxygen atoms in total. The summed E-state index contributed by atoms with van der Waals surface area (Å²) < 4.78 is 5.29. The molecule has 2 heterocycles. The molecule has 1 N–H and O–H groups in total. The largest absolute Gasteiger partial charge is 0.460 e. The zero-order chi connectivity index (χ0) is 13.7. The van der Waals surface area contributed by atoms with E-state index in [0.29, 0.717) is 11.5 Å². The van der Waals surface area contributed by atoms with Crippen LogP contribution in [0.5, 0.6) is 0 Å². The summed E-state index contributed by atoms with van der Waals surface area (Å²) in [5, 5.41) is 3.82. The average Bonchev–Trinajstić information content (AvgIpc) is 2.84. The van der Waals surface area contributed by atoms with Crippen LogP contribution in [0, 0.1) is 6.92 Å². The normalized spacial score (nSPS) is 10.8. The Labute approximate surface area is 111 Å². The van der Waals surface area contributed by atoms with Gasteiger partial charge in [-0.1, -0.05) is 13.0 Å². The van der Waals surface area contributed by atoms with Crippen LogP contribution in [0.4, 0.5) is 0 Å². The molecule has 0 saturated carbocycles. The summed E-state index contributed by atoms with van der Waals surface area (Å²) in [6, 6.07) is 7.16. The second kappa shape index (κ2) is 5.95. The number of hydrazone groups is 1. The smallest absolute Gasteiger partial charge is 0.289 e. The Kier molecular flexibility index (Phi) is 4.07. The van der Waals surface area contributed by atoms with Gasteiger partial charge in [0, 0.05) is 6.20 Å². The molecule has 0 aromatic carbocycles. The first kappa shape index (κ1) is 13.0. The lowest BCUT2D eigenvalue weighted by molar-refractivity contribution is 0.0950. The summed E-state index contributed by atoms with van der Waals surface area (Å²) in [7, 11) is 0. The van der Waals surface area contributed by atoms with Crippen molar-refractivity contribution in [2.24, 2.45) is 5.10 Å². The predicted octanol–water partition coefficient (Wildman–Crippen LogP) is 2.31. The van der Waals surface area contributed by atoms with Gasteiger partial charge in [0.05, 0.1) is 6.21 Å². The van der Waals surface area contributed by atoms with E-state index >= 15 is 0 Å². The number of rotatable bonds is 4. The molecule has 2 aromatic heterocycles. The Balaban J connectivity index is 1.95. The lowest BCUT2D eigenvalue weighted by Crippen LogP contribution is -2.18.